The van der Waals surface area contributed by atoms with Gasteiger partial charge in [-0.3, -0.25) is 9.69 Å². The molecule has 0 spiro atoms. The maximum atomic E-state index is 13.3. The molecule has 4 rings (SSSR count). The van der Waals surface area contributed by atoms with Crippen molar-refractivity contribution >= 4 is 17.5 Å². The molecule has 2 heterocycles. The molecule has 2 atom stereocenters. The average molecular weight is 389 g/mol. The van der Waals surface area contributed by atoms with Crippen LogP contribution in [0.3, 0.4) is 0 Å². The Labute approximate surface area is 169 Å². The third-order valence-electron chi connectivity index (χ3n) is 6.99. The van der Waals surface area contributed by atoms with E-state index < -0.39 is 0 Å². The van der Waals surface area contributed by atoms with Crippen LogP contribution < -0.4 is 0 Å². The summed E-state index contributed by atoms with van der Waals surface area (Å²) in [7, 11) is 0. The van der Waals surface area contributed by atoms with E-state index in [4.69, 9.17) is 11.6 Å². The van der Waals surface area contributed by atoms with Crippen molar-refractivity contribution in [1.82, 2.24) is 9.80 Å². The highest BCUT2D eigenvalue weighted by Crippen LogP contribution is 2.52. The number of benzene rings is 1. The standard InChI is InChI=1S/C23H33ClN2O/c1-22(2)12-19-13-23(3,15-22)16-26(19)21(27)17-8-10-25(11-9-17)14-18-6-4-5-7-20(18)24/h4-7,17,19H,8-16H2,1-3H3. The molecule has 27 heavy (non-hydrogen) atoms. The van der Waals surface area contributed by atoms with Crippen LogP contribution in [0.2, 0.25) is 5.02 Å². The highest BCUT2D eigenvalue weighted by atomic mass is 35.5. The number of carbonyl (C=O) groups is 1. The first-order valence-electron chi connectivity index (χ1n) is 10.5. The van der Waals surface area contributed by atoms with Gasteiger partial charge < -0.3 is 4.90 Å². The van der Waals surface area contributed by atoms with Gasteiger partial charge in [0.25, 0.3) is 0 Å². The normalized spacial score (nSPS) is 31.3. The minimum absolute atomic E-state index is 0.207. The zero-order chi connectivity index (χ0) is 19.2. The molecule has 0 radical (unpaired) electrons. The molecule has 2 bridgehead atoms. The summed E-state index contributed by atoms with van der Waals surface area (Å²) in [6.07, 6.45) is 5.57. The molecule has 2 saturated heterocycles. The summed E-state index contributed by atoms with van der Waals surface area (Å²) in [5.74, 6) is 0.636. The molecular weight excluding hydrogens is 356 g/mol. The van der Waals surface area contributed by atoms with Crippen molar-refractivity contribution in [3.63, 3.8) is 0 Å². The molecule has 1 aromatic rings. The van der Waals surface area contributed by atoms with Gasteiger partial charge in [-0.05, 0) is 67.7 Å². The number of hydrogen-bond acceptors (Lipinski definition) is 2. The monoisotopic (exact) mass is 388 g/mol. The first-order chi connectivity index (χ1) is 12.7. The Kier molecular flexibility index (Phi) is 5.05. The van der Waals surface area contributed by atoms with Crippen LogP contribution in [-0.2, 0) is 11.3 Å². The van der Waals surface area contributed by atoms with Crippen LogP contribution in [0.1, 0.15) is 58.4 Å². The summed E-state index contributed by atoms with van der Waals surface area (Å²) in [6.45, 7) is 11.0. The zero-order valence-corrected chi connectivity index (χ0v) is 17.8. The van der Waals surface area contributed by atoms with E-state index in [1.54, 1.807) is 0 Å². The predicted octanol–water partition coefficient (Wildman–Crippen LogP) is 4.98. The van der Waals surface area contributed by atoms with Gasteiger partial charge in [0.15, 0.2) is 0 Å². The Morgan fingerprint density at radius 3 is 2.56 bits per heavy atom. The molecule has 1 aromatic carbocycles. The first kappa shape index (κ1) is 19.3. The number of hydrogen-bond donors (Lipinski definition) is 0. The first-order valence-corrected chi connectivity index (χ1v) is 10.9. The van der Waals surface area contributed by atoms with Crippen molar-refractivity contribution in [1.29, 1.82) is 0 Å². The second-order valence-corrected chi connectivity index (χ2v) is 10.7. The molecule has 148 valence electrons. The number of halogens is 1. The Morgan fingerprint density at radius 1 is 1.15 bits per heavy atom. The van der Waals surface area contributed by atoms with Crippen LogP contribution >= 0.6 is 11.6 Å². The Bertz CT molecular complexity index is 710. The lowest BCUT2D eigenvalue weighted by Gasteiger charge is -2.40. The lowest BCUT2D eigenvalue weighted by molar-refractivity contribution is -0.138. The van der Waals surface area contributed by atoms with Crippen LogP contribution in [-0.4, -0.2) is 41.4 Å². The van der Waals surface area contributed by atoms with E-state index in [0.29, 0.717) is 22.8 Å². The highest BCUT2D eigenvalue weighted by molar-refractivity contribution is 6.31. The molecule has 3 aliphatic rings. The molecule has 1 aliphatic carbocycles. The Balaban J connectivity index is 1.35. The lowest BCUT2D eigenvalue weighted by atomic mass is 9.65. The molecule has 4 heteroatoms. The lowest BCUT2D eigenvalue weighted by Crippen LogP contribution is -2.44. The summed E-state index contributed by atoms with van der Waals surface area (Å²) in [5, 5.41) is 0.843. The summed E-state index contributed by atoms with van der Waals surface area (Å²) < 4.78 is 0. The van der Waals surface area contributed by atoms with E-state index in [-0.39, 0.29) is 5.92 Å². The van der Waals surface area contributed by atoms with Gasteiger partial charge >= 0.3 is 0 Å². The summed E-state index contributed by atoms with van der Waals surface area (Å²) in [5.41, 5.74) is 1.88. The summed E-state index contributed by atoms with van der Waals surface area (Å²) in [6, 6.07) is 8.55. The number of carbonyl (C=O) groups excluding carboxylic acids is 1. The van der Waals surface area contributed by atoms with Crippen LogP contribution in [0.5, 0.6) is 0 Å². The molecule has 0 aromatic heterocycles. The molecule has 0 N–H and O–H groups in total. The van der Waals surface area contributed by atoms with Gasteiger partial charge in [-0.15, -0.1) is 0 Å². The number of likely N-dealkylation sites (tertiary alicyclic amines) is 2. The van der Waals surface area contributed by atoms with Gasteiger partial charge in [0.05, 0.1) is 0 Å². The fraction of sp³-hybridized carbons (Fsp3) is 0.696. The predicted molar refractivity (Wildman–Crippen MR) is 111 cm³/mol. The van der Waals surface area contributed by atoms with E-state index in [0.717, 1.165) is 44.0 Å². The van der Waals surface area contributed by atoms with Crippen molar-refractivity contribution in [2.75, 3.05) is 19.6 Å². The maximum Gasteiger partial charge on any atom is 0.226 e. The van der Waals surface area contributed by atoms with Crippen molar-refractivity contribution in [3.8, 4) is 0 Å². The van der Waals surface area contributed by atoms with Crippen molar-refractivity contribution < 1.29 is 4.79 Å². The van der Waals surface area contributed by atoms with Crippen LogP contribution in [0.15, 0.2) is 24.3 Å². The fourth-order valence-corrected chi connectivity index (χ4v) is 6.35. The van der Waals surface area contributed by atoms with Crippen molar-refractivity contribution in [2.24, 2.45) is 16.7 Å². The minimum atomic E-state index is 0.207. The summed E-state index contributed by atoms with van der Waals surface area (Å²) >= 11 is 6.31. The number of amides is 1. The second-order valence-electron chi connectivity index (χ2n) is 10.3. The summed E-state index contributed by atoms with van der Waals surface area (Å²) in [4.78, 5) is 18.0. The molecule has 3 nitrogen and oxygen atoms in total. The van der Waals surface area contributed by atoms with Gasteiger partial charge in [0, 0.05) is 30.1 Å². The zero-order valence-electron chi connectivity index (χ0n) is 17.0. The second kappa shape index (κ2) is 7.08. The number of piperidine rings is 1. The minimum Gasteiger partial charge on any atom is -0.339 e. The smallest absolute Gasteiger partial charge is 0.226 e. The van der Waals surface area contributed by atoms with Gasteiger partial charge in [-0.1, -0.05) is 50.6 Å². The molecule has 3 fully saturated rings. The third kappa shape index (κ3) is 4.05. The van der Waals surface area contributed by atoms with Crippen LogP contribution in [0.4, 0.5) is 0 Å². The van der Waals surface area contributed by atoms with E-state index in [1.165, 1.54) is 24.8 Å². The molecular formula is C23H33ClN2O. The largest absolute Gasteiger partial charge is 0.339 e. The van der Waals surface area contributed by atoms with Crippen LogP contribution in [0.25, 0.3) is 0 Å². The SMILES string of the molecule is CC1(C)CC2CC(C)(CN2C(=O)C2CCN(Cc3ccccc3Cl)CC2)C1. The quantitative estimate of drug-likeness (QED) is 0.729. The molecule has 1 amide bonds. The van der Waals surface area contributed by atoms with Gasteiger partial charge in [-0.2, -0.15) is 0 Å². The van der Waals surface area contributed by atoms with Crippen LogP contribution in [0, 0.1) is 16.7 Å². The number of rotatable bonds is 3. The number of fused-ring (bicyclic) bond motifs is 2. The van der Waals surface area contributed by atoms with E-state index in [1.807, 2.05) is 18.2 Å². The van der Waals surface area contributed by atoms with Gasteiger partial charge in [0.1, 0.15) is 0 Å². The highest BCUT2D eigenvalue weighted by Gasteiger charge is 2.51. The van der Waals surface area contributed by atoms with E-state index in [2.05, 4.69) is 36.6 Å². The maximum absolute atomic E-state index is 13.3. The molecule has 1 saturated carbocycles. The Hall–Kier alpha value is -1.06. The number of nitrogens with zero attached hydrogens (tertiary/aromatic N) is 2. The van der Waals surface area contributed by atoms with Crippen molar-refractivity contribution in [2.45, 2.75) is 65.5 Å². The van der Waals surface area contributed by atoms with E-state index >= 15 is 0 Å². The average Bonchev–Trinajstić information content (AvgIpc) is 2.86. The third-order valence-corrected chi connectivity index (χ3v) is 7.36. The molecule has 2 aliphatic heterocycles. The van der Waals surface area contributed by atoms with Crippen molar-refractivity contribution in [3.05, 3.63) is 34.9 Å². The van der Waals surface area contributed by atoms with Gasteiger partial charge in [0.2, 0.25) is 5.91 Å². The topological polar surface area (TPSA) is 23.6 Å². The Morgan fingerprint density at radius 2 is 1.85 bits per heavy atom. The molecule has 2 unspecified atom stereocenters. The van der Waals surface area contributed by atoms with E-state index in [9.17, 15) is 4.79 Å². The van der Waals surface area contributed by atoms with Gasteiger partial charge in [-0.25, -0.2) is 0 Å². The fourth-order valence-electron chi connectivity index (χ4n) is 6.16.